The van der Waals surface area contributed by atoms with Crippen molar-refractivity contribution in [3.8, 4) is 0 Å². The zero-order valence-electron chi connectivity index (χ0n) is 8.82. The van der Waals surface area contributed by atoms with E-state index in [1.807, 2.05) is 0 Å². The number of aryl methyl sites for hydroxylation is 2. The van der Waals surface area contributed by atoms with E-state index in [0.717, 1.165) is 18.6 Å². The molecule has 13 heavy (non-hydrogen) atoms. The molecule has 0 saturated carbocycles. The third kappa shape index (κ3) is 1.14. The molecule has 0 saturated heterocycles. The summed E-state index contributed by atoms with van der Waals surface area (Å²) in [4.78, 5) is 0. The Labute approximate surface area is 79.4 Å². The molecule has 2 rings (SSSR count). The van der Waals surface area contributed by atoms with Crippen molar-refractivity contribution >= 4 is 5.57 Å². The summed E-state index contributed by atoms with van der Waals surface area (Å²) >= 11 is 0. The van der Waals surface area contributed by atoms with Crippen LogP contribution in [0.15, 0.2) is 9.99 Å². The van der Waals surface area contributed by atoms with Crippen molar-refractivity contribution in [2.45, 2.75) is 40.5 Å². The van der Waals surface area contributed by atoms with Crippen LogP contribution in [0.4, 0.5) is 0 Å². The molecule has 1 heterocycles. The molecule has 1 aliphatic rings. The van der Waals surface area contributed by atoms with E-state index in [1.165, 1.54) is 28.0 Å². The van der Waals surface area contributed by atoms with Crippen LogP contribution in [0.2, 0.25) is 0 Å². The summed E-state index contributed by atoms with van der Waals surface area (Å²) < 4.78 is 5.72. The van der Waals surface area contributed by atoms with Crippen LogP contribution in [-0.4, -0.2) is 0 Å². The maximum Gasteiger partial charge on any atom is 0.112 e. The third-order valence-electron chi connectivity index (χ3n) is 3.20. The predicted octanol–water partition coefficient (Wildman–Crippen LogP) is 3.64. The zero-order valence-corrected chi connectivity index (χ0v) is 8.82. The molecule has 0 bridgehead atoms. The molecule has 0 radical (unpaired) electrons. The molecule has 1 nitrogen and oxygen atoms in total. The Morgan fingerprint density at radius 3 is 2.38 bits per heavy atom. The van der Waals surface area contributed by atoms with E-state index < -0.39 is 0 Å². The molecule has 0 unspecified atom stereocenters. The summed E-state index contributed by atoms with van der Waals surface area (Å²) in [7, 11) is 0. The van der Waals surface area contributed by atoms with Crippen molar-refractivity contribution in [2.24, 2.45) is 0 Å². The second-order valence-corrected chi connectivity index (χ2v) is 3.99. The molecule has 0 aliphatic heterocycles. The fourth-order valence-corrected chi connectivity index (χ4v) is 2.07. The molecular formula is C12H16O. The standard InChI is InChI=1S/C12H16O/c1-7-5-6-11-12(8(7)2)9(3)10(4)13-11/h5-6H2,1-4H3. The van der Waals surface area contributed by atoms with Crippen LogP contribution in [0.1, 0.15) is 42.9 Å². The highest BCUT2D eigenvalue weighted by molar-refractivity contribution is 5.72. The Balaban J connectivity index is 2.67. The number of rotatable bonds is 0. The zero-order chi connectivity index (χ0) is 9.59. The monoisotopic (exact) mass is 176 g/mol. The van der Waals surface area contributed by atoms with Crippen molar-refractivity contribution < 1.29 is 4.42 Å². The van der Waals surface area contributed by atoms with Crippen LogP contribution in [0, 0.1) is 13.8 Å². The smallest absolute Gasteiger partial charge is 0.112 e. The minimum atomic E-state index is 1.08. The minimum absolute atomic E-state index is 1.08. The average Bonchev–Trinajstić information content (AvgIpc) is 2.37. The van der Waals surface area contributed by atoms with Gasteiger partial charge in [0, 0.05) is 12.0 Å². The van der Waals surface area contributed by atoms with Gasteiger partial charge >= 0.3 is 0 Å². The van der Waals surface area contributed by atoms with E-state index in [1.54, 1.807) is 0 Å². The second kappa shape index (κ2) is 2.76. The Kier molecular flexibility index (Phi) is 1.83. The Hall–Kier alpha value is -0.980. The topological polar surface area (TPSA) is 13.1 Å². The van der Waals surface area contributed by atoms with Crippen molar-refractivity contribution in [3.05, 3.63) is 28.2 Å². The first-order valence-corrected chi connectivity index (χ1v) is 4.87. The van der Waals surface area contributed by atoms with E-state index in [9.17, 15) is 0 Å². The van der Waals surface area contributed by atoms with Gasteiger partial charge in [-0.2, -0.15) is 0 Å². The van der Waals surface area contributed by atoms with Gasteiger partial charge in [0.15, 0.2) is 0 Å². The molecule has 70 valence electrons. The molecule has 0 spiro atoms. The highest BCUT2D eigenvalue weighted by atomic mass is 16.3. The molecule has 0 atom stereocenters. The molecule has 1 aromatic heterocycles. The largest absolute Gasteiger partial charge is 0.465 e. The number of fused-ring (bicyclic) bond motifs is 1. The van der Waals surface area contributed by atoms with Crippen molar-refractivity contribution in [2.75, 3.05) is 0 Å². The van der Waals surface area contributed by atoms with Gasteiger partial charge in [0.25, 0.3) is 0 Å². The first-order valence-electron chi connectivity index (χ1n) is 4.87. The van der Waals surface area contributed by atoms with Crippen LogP contribution in [0.25, 0.3) is 5.57 Å². The minimum Gasteiger partial charge on any atom is -0.465 e. The lowest BCUT2D eigenvalue weighted by Crippen LogP contribution is -1.99. The summed E-state index contributed by atoms with van der Waals surface area (Å²) in [5.41, 5.74) is 5.64. The quantitative estimate of drug-likeness (QED) is 0.588. The van der Waals surface area contributed by atoms with E-state index >= 15 is 0 Å². The lowest BCUT2D eigenvalue weighted by Gasteiger charge is -2.14. The fraction of sp³-hybridized carbons (Fsp3) is 0.500. The molecule has 0 fully saturated rings. The van der Waals surface area contributed by atoms with E-state index in [4.69, 9.17) is 4.42 Å². The molecule has 1 aliphatic carbocycles. The predicted molar refractivity (Wildman–Crippen MR) is 54.8 cm³/mol. The number of allylic oxidation sites excluding steroid dienone is 2. The number of hydrogen-bond acceptors (Lipinski definition) is 1. The second-order valence-electron chi connectivity index (χ2n) is 3.99. The van der Waals surface area contributed by atoms with E-state index in [0.29, 0.717) is 0 Å². The first kappa shape index (κ1) is 8.61. The van der Waals surface area contributed by atoms with Gasteiger partial charge < -0.3 is 4.42 Å². The van der Waals surface area contributed by atoms with Gasteiger partial charge in [0.2, 0.25) is 0 Å². The SMILES string of the molecule is CC1=C(C)c2c(oc(C)c2C)CC1. The number of furan rings is 1. The van der Waals surface area contributed by atoms with Gasteiger partial charge in [-0.25, -0.2) is 0 Å². The normalized spacial score (nSPS) is 16.3. The summed E-state index contributed by atoms with van der Waals surface area (Å²) in [5.74, 6) is 2.28. The highest BCUT2D eigenvalue weighted by Gasteiger charge is 2.20. The maximum atomic E-state index is 5.72. The summed E-state index contributed by atoms with van der Waals surface area (Å²) in [6, 6.07) is 0. The lowest BCUT2D eigenvalue weighted by molar-refractivity contribution is 0.478. The van der Waals surface area contributed by atoms with Gasteiger partial charge in [0.05, 0.1) is 0 Å². The first-order chi connectivity index (χ1) is 6.11. The molecular weight excluding hydrogens is 160 g/mol. The van der Waals surface area contributed by atoms with E-state index in [-0.39, 0.29) is 0 Å². The Morgan fingerprint density at radius 2 is 1.69 bits per heavy atom. The molecule has 0 amide bonds. The maximum absolute atomic E-state index is 5.72. The van der Waals surface area contributed by atoms with Crippen LogP contribution in [0.3, 0.4) is 0 Å². The van der Waals surface area contributed by atoms with Gasteiger partial charge in [-0.3, -0.25) is 0 Å². The van der Waals surface area contributed by atoms with Gasteiger partial charge in [-0.1, -0.05) is 5.57 Å². The molecule has 0 N–H and O–H groups in total. The summed E-state index contributed by atoms with van der Waals surface area (Å²) in [5, 5.41) is 0. The van der Waals surface area contributed by atoms with Gasteiger partial charge in [-0.05, 0) is 45.3 Å². The molecule has 0 aromatic carbocycles. The van der Waals surface area contributed by atoms with E-state index in [2.05, 4.69) is 27.7 Å². The number of hydrogen-bond donors (Lipinski definition) is 0. The molecule has 1 heteroatoms. The van der Waals surface area contributed by atoms with Gasteiger partial charge in [0.1, 0.15) is 11.5 Å². The highest BCUT2D eigenvalue weighted by Crippen LogP contribution is 2.35. The third-order valence-corrected chi connectivity index (χ3v) is 3.20. The summed E-state index contributed by atoms with van der Waals surface area (Å²) in [6.45, 7) is 8.63. The van der Waals surface area contributed by atoms with Crippen molar-refractivity contribution in [1.82, 2.24) is 0 Å². The van der Waals surface area contributed by atoms with Crippen LogP contribution >= 0.6 is 0 Å². The fourth-order valence-electron chi connectivity index (χ4n) is 2.07. The van der Waals surface area contributed by atoms with Crippen LogP contribution in [0.5, 0.6) is 0 Å². The summed E-state index contributed by atoms with van der Waals surface area (Å²) in [6.07, 6.45) is 2.23. The molecule has 1 aromatic rings. The van der Waals surface area contributed by atoms with Crippen molar-refractivity contribution in [3.63, 3.8) is 0 Å². The van der Waals surface area contributed by atoms with Crippen LogP contribution in [-0.2, 0) is 6.42 Å². The lowest BCUT2D eigenvalue weighted by atomic mass is 9.90. The van der Waals surface area contributed by atoms with Crippen molar-refractivity contribution in [1.29, 1.82) is 0 Å². The average molecular weight is 176 g/mol. The van der Waals surface area contributed by atoms with Gasteiger partial charge in [-0.15, -0.1) is 0 Å². The Bertz CT molecular complexity index is 380. The Morgan fingerprint density at radius 1 is 1.00 bits per heavy atom. The van der Waals surface area contributed by atoms with Crippen LogP contribution < -0.4 is 0 Å².